The Morgan fingerprint density at radius 2 is 1.62 bits per heavy atom. The van der Waals surface area contributed by atoms with E-state index in [2.05, 4.69) is 22.4 Å². The van der Waals surface area contributed by atoms with Crippen molar-refractivity contribution in [2.24, 2.45) is 0 Å². The molecule has 0 aliphatic rings. The summed E-state index contributed by atoms with van der Waals surface area (Å²) >= 11 is 0. The number of aromatic nitrogens is 2. The maximum Gasteiger partial charge on any atom is 0.270 e. The molecule has 0 saturated heterocycles. The molecular formula is C28H29N3O3. The number of aryl methyl sites for hydroxylation is 1. The van der Waals surface area contributed by atoms with E-state index in [9.17, 15) is 4.79 Å². The number of nitrogens with zero attached hydrogens (tertiary/aromatic N) is 2. The zero-order valence-corrected chi connectivity index (χ0v) is 19.7. The second-order valence-electron chi connectivity index (χ2n) is 8.13. The second-order valence-corrected chi connectivity index (χ2v) is 8.13. The Balaban J connectivity index is 1.49. The largest absolute Gasteiger partial charge is 0.496 e. The zero-order chi connectivity index (χ0) is 23.9. The van der Waals surface area contributed by atoms with Crippen molar-refractivity contribution in [3.8, 4) is 28.3 Å². The van der Waals surface area contributed by atoms with Crippen molar-refractivity contribution in [1.29, 1.82) is 0 Å². The summed E-state index contributed by atoms with van der Waals surface area (Å²) in [7, 11) is 3.29. The topological polar surface area (TPSA) is 65.4 Å². The van der Waals surface area contributed by atoms with Gasteiger partial charge in [-0.15, -0.1) is 0 Å². The van der Waals surface area contributed by atoms with Crippen LogP contribution >= 0.6 is 0 Å². The minimum atomic E-state index is -0.145. The van der Waals surface area contributed by atoms with Gasteiger partial charge in [0.25, 0.3) is 5.91 Å². The molecule has 34 heavy (non-hydrogen) atoms. The lowest BCUT2D eigenvalue weighted by atomic mass is 10.0. The Labute approximate surface area is 200 Å². The molecule has 1 heterocycles. The van der Waals surface area contributed by atoms with E-state index in [1.165, 1.54) is 5.56 Å². The van der Waals surface area contributed by atoms with Gasteiger partial charge in [-0.3, -0.25) is 9.36 Å². The molecule has 6 heteroatoms. The molecule has 4 aromatic rings. The fraction of sp³-hybridized carbons (Fsp3) is 0.214. The van der Waals surface area contributed by atoms with Gasteiger partial charge < -0.3 is 14.8 Å². The van der Waals surface area contributed by atoms with Gasteiger partial charge in [-0.25, -0.2) is 4.98 Å². The van der Waals surface area contributed by atoms with Crippen LogP contribution in [0, 0.1) is 0 Å². The minimum absolute atomic E-state index is 0.0384. The Bertz CT molecular complexity index is 1210. The van der Waals surface area contributed by atoms with Crippen LogP contribution in [0.25, 0.3) is 16.8 Å². The summed E-state index contributed by atoms with van der Waals surface area (Å²) in [6.07, 6.45) is 5.02. The minimum Gasteiger partial charge on any atom is -0.496 e. The van der Waals surface area contributed by atoms with Crippen LogP contribution in [0.3, 0.4) is 0 Å². The number of benzene rings is 3. The van der Waals surface area contributed by atoms with Crippen molar-refractivity contribution < 1.29 is 14.3 Å². The number of amides is 1. The van der Waals surface area contributed by atoms with E-state index >= 15 is 0 Å². The molecular weight excluding hydrogens is 426 g/mol. The highest BCUT2D eigenvalue weighted by Gasteiger charge is 2.17. The predicted octanol–water partition coefficient (Wildman–Crippen LogP) is 5.31. The molecule has 0 fully saturated rings. The maximum absolute atomic E-state index is 13.0. The molecule has 1 aromatic heterocycles. The van der Waals surface area contributed by atoms with Crippen molar-refractivity contribution >= 4 is 5.91 Å². The van der Waals surface area contributed by atoms with E-state index < -0.39 is 0 Å². The highest BCUT2D eigenvalue weighted by molar-refractivity contribution is 5.93. The summed E-state index contributed by atoms with van der Waals surface area (Å²) in [5.74, 6) is 1.33. The first-order chi connectivity index (χ1) is 16.6. The third kappa shape index (κ3) is 5.12. The van der Waals surface area contributed by atoms with Crippen LogP contribution in [-0.2, 0) is 6.42 Å². The summed E-state index contributed by atoms with van der Waals surface area (Å²) < 4.78 is 12.9. The lowest BCUT2D eigenvalue weighted by Crippen LogP contribution is -2.34. The fourth-order valence-corrected chi connectivity index (χ4v) is 3.99. The quantitative estimate of drug-likeness (QED) is 0.372. The smallest absolute Gasteiger partial charge is 0.270 e. The Hall–Kier alpha value is -4.06. The summed E-state index contributed by atoms with van der Waals surface area (Å²) in [6, 6.07) is 23.9. The van der Waals surface area contributed by atoms with Crippen molar-refractivity contribution in [2.45, 2.75) is 25.8 Å². The number of carbonyl (C=O) groups excluding carboxylic acids is 1. The molecule has 3 aromatic carbocycles. The number of hydrogen-bond donors (Lipinski definition) is 1. The highest BCUT2D eigenvalue weighted by atomic mass is 16.5. The maximum atomic E-state index is 13.0. The Kier molecular flexibility index (Phi) is 7.28. The lowest BCUT2D eigenvalue weighted by Gasteiger charge is -2.16. The van der Waals surface area contributed by atoms with Crippen LogP contribution in [0.2, 0.25) is 0 Å². The monoisotopic (exact) mass is 455 g/mol. The summed E-state index contributed by atoms with van der Waals surface area (Å²) in [4.78, 5) is 17.2. The van der Waals surface area contributed by atoms with Gasteiger partial charge in [0.05, 0.1) is 32.3 Å². The van der Waals surface area contributed by atoms with Gasteiger partial charge >= 0.3 is 0 Å². The van der Waals surface area contributed by atoms with E-state index in [-0.39, 0.29) is 11.9 Å². The second kappa shape index (κ2) is 10.7. The molecule has 0 spiro atoms. The van der Waals surface area contributed by atoms with Gasteiger partial charge in [-0.1, -0.05) is 48.5 Å². The number of nitrogens with one attached hydrogen (secondary N) is 1. The van der Waals surface area contributed by atoms with E-state index in [1.54, 1.807) is 31.3 Å². The average molecular weight is 456 g/mol. The molecule has 0 radical (unpaired) electrons. The first kappa shape index (κ1) is 23.1. The highest BCUT2D eigenvalue weighted by Crippen LogP contribution is 2.38. The van der Waals surface area contributed by atoms with Crippen LogP contribution in [0.4, 0.5) is 0 Å². The molecule has 4 rings (SSSR count). The Morgan fingerprint density at radius 3 is 2.26 bits per heavy atom. The van der Waals surface area contributed by atoms with E-state index in [0.29, 0.717) is 5.69 Å². The van der Waals surface area contributed by atoms with Gasteiger partial charge in [-0.05, 0) is 55.2 Å². The normalized spacial score (nSPS) is 11.6. The van der Waals surface area contributed by atoms with Crippen molar-refractivity contribution in [1.82, 2.24) is 14.9 Å². The predicted molar refractivity (Wildman–Crippen MR) is 134 cm³/mol. The van der Waals surface area contributed by atoms with E-state index in [1.807, 2.05) is 67.6 Å². The SMILES string of the molecule is COc1cccc(OC)c1-c1ccc(-n2cncc2C(=O)NC(C)CCc2ccccc2)cc1. The van der Waals surface area contributed by atoms with Crippen LogP contribution in [0.15, 0.2) is 85.3 Å². The molecule has 6 nitrogen and oxygen atoms in total. The van der Waals surface area contributed by atoms with Crippen LogP contribution in [0.1, 0.15) is 29.4 Å². The molecule has 0 saturated carbocycles. The van der Waals surface area contributed by atoms with Crippen molar-refractivity contribution in [3.05, 3.63) is 96.6 Å². The number of hydrogen-bond acceptors (Lipinski definition) is 4. The first-order valence-corrected chi connectivity index (χ1v) is 11.3. The number of imidazole rings is 1. The van der Waals surface area contributed by atoms with Gasteiger partial charge in [0.1, 0.15) is 17.2 Å². The van der Waals surface area contributed by atoms with Gasteiger partial charge in [0.15, 0.2) is 0 Å². The number of ether oxygens (including phenoxy) is 2. The van der Waals surface area contributed by atoms with Gasteiger partial charge in [-0.2, -0.15) is 0 Å². The fourth-order valence-electron chi connectivity index (χ4n) is 3.99. The molecule has 1 N–H and O–H groups in total. The number of carbonyl (C=O) groups is 1. The molecule has 174 valence electrons. The van der Waals surface area contributed by atoms with E-state index in [0.717, 1.165) is 41.2 Å². The first-order valence-electron chi connectivity index (χ1n) is 11.3. The lowest BCUT2D eigenvalue weighted by molar-refractivity contribution is 0.0931. The average Bonchev–Trinajstić information content (AvgIpc) is 3.38. The van der Waals surface area contributed by atoms with E-state index in [4.69, 9.17) is 9.47 Å². The van der Waals surface area contributed by atoms with Crippen molar-refractivity contribution in [3.63, 3.8) is 0 Å². The summed E-state index contributed by atoms with van der Waals surface area (Å²) in [6.45, 7) is 2.02. The molecule has 0 bridgehead atoms. The van der Waals surface area contributed by atoms with Gasteiger partial charge in [0.2, 0.25) is 0 Å². The van der Waals surface area contributed by atoms with Gasteiger partial charge in [0, 0.05) is 11.7 Å². The van der Waals surface area contributed by atoms with Crippen LogP contribution in [0.5, 0.6) is 11.5 Å². The summed E-state index contributed by atoms with van der Waals surface area (Å²) in [5, 5.41) is 3.10. The van der Waals surface area contributed by atoms with Crippen molar-refractivity contribution in [2.75, 3.05) is 14.2 Å². The molecule has 1 amide bonds. The molecule has 0 aliphatic heterocycles. The van der Waals surface area contributed by atoms with Crippen LogP contribution < -0.4 is 14.8 Å². The third-order valence-electron chi connectivity index (χ3n) is 5.82. The number of methoxy groups -OCH3 is 2. The standard InChI is InChI=1S/C28H29N3O3/c1-20(12-13-21-8-5-4-6-9-21)30-28(32)24-18-29-19-31(24)23-16-14-22(15-17-23)27-25(33-2)10-7-11-26(27)34-3/h4-11,14-20H,12-13H2,1-3H3,(H,30,32). The molecule has 1 atom stereocenters. The third-order valence-corrected chi connectivity index (χ3v) is 5.82. The Morgan fingerprint density at radius 1 is 0.941 bits per heavy atom. The van der Waals surface area contributed by atoms with Crippen LogP contribution in [-0.4, -0.2) is 35.7 Å². The molecule has 0 aliphatic carbocycles. The zero-order valence-electron chi connectivity index (χ0n) is 19.7. The molecule has 1 unspecified atom stereocenters. The number of rotatable bonds is 9. The summed E-state index contributed by atoms with van der Waals surface area (Å²) in [5.41, 5.74) is 4.44.